The molecule has 0 saturated heterocycles. The summed E-state index contributed by atoms with van der Waals surface area (Å²) in [7, 11) is 0. The number of pyridine rings is 1. The van der Waals surface area contributed by atoms with E-state index in [1.54, 1.807) is 12.4 Å². The standard InChI is InChI=1S/C18H21N3O/c19-10-2-1-3-11-21-14-16-4-6-18(7-5-16)22-15-17-8-12-20-13-9-17/h4-9,12-13,21H,1-3,11,14-15H2. The summed E-state index contributed by atoms with van der Waals surface area (Å²) < 4.78 is 5.74. The molecule has 1 aromatic carbocycles. The lowest BCUT2D eigenvalue weighted by molar-refractivity contribution is 0.306. The van der Waals surface area contributed by atoms with Gasteiger partial charge in [-0.15, -0.1) is 0 Å². The fraction of sp³-hybridized carbons (Fsp3) is 0.333. The molecular formula is C18H21N3O. The molecule has 2 rings (SSSR count). The Kier molecular flexibility index (Phi) is 6.94. The first-order valence-electron chi connectivity index (χ1n) is 7.57. The van der Waals surface area contributed by atoms with Crippen molar-refractivity contribution in [3.05, 3.63) is 59.9 Å². The maximum atomic E-state index is 8.46. The molecule has 0 aliphatic heterocycles. The normalized spacial score (nSPS) is 10.1. The van der Waals surface area contributed by atoms with Crippen LogP contribution in [-0.2, 0) is 13.2 Å². The van der Waals surface area contributed by atoms with E-state index in [1.807, 2.05) is 24.3 Å². The molecule has 0 aliphatic carbocycles. The highest BCUT2D eigenvalue weighted by Crippen LogP contribution is 2.14. The van der Waals surface area contributed by atoms with Crippen LogP contribution in [0.25, 0.3) is 0 Å². The van der Waals surface area contributed by atoms with E-state index in [0.29, 0.717) is 13.0 Å². The molecule has 0 unspecified atom stereocenters. The largest absolute Gasteiger partial charge is 0.489 e. The summed E-state index contributed by atoms with van der Waals surface area (Å²) in [6.07, 6.45) is 6.19. The van der Waals surface area contributed by atoms with Gasteiger partial charge in [0.2, 0.25) is 0 Å². The van der Waals surface area contributed by atoms with Gasteiger partial charge in [-0.2, -0.15) is 5.26 Å². The van der Waals surface area contributed by atoms with Crippen LogP contribution in [0.4, 0.5) is 0 Å². The predicted molar refractivity (Wildman–Crippen MR) is 86.2 cm³/mol. The zero-order chi connectivity index (χ0) is 15.5. The molecule has 0 spiro atoms. The fourth-order valence-corrected chi connectivity index (χ4v) is 2.04. The van der Waals surface area contributed by atoms with Crippen LogP contribution in [-0.4, -0.2) is 11.5 Å². The molecule has 1 heterocycles. The van der Waals surface area contributed by atoms with Crippen LogP contribution >= 0.6 is 0 Å². The zero-order valence-electron chi connectivity index (χ0n) is 12.7. The summed E-state index contributed by atoms with van der Waals surface area (Å²) in [5.41, 5.74) is 2.34. The summed E-state index contributed by atoms with van der Waals surface area (Å²) in [6, 6.07) is 14.2. The van der Waals surface area contributed by atoms with E-state index >= 15 is 0 Å². The smallest absolute Gasteiger partial charge is 0.119 e. The molecule has 0 fully saturated rings. The highest BCUT2D eigenvalue weighted by Gasteiger charge is 1.97. The van der Waals surface area contributed by atoms with Gasteiger partial charge in [-0.1, -0.05) is 12.1 Å². The Bertz CT molecular complexity index is 576. The minimum Gasteiger partial charge on any atom is -0.489 e. The molecule has 4 heteroatoms. The van der Waals surface area contributed by atoms with Gasteiger partial charge in [0, 0.05) is 25.4 Å². The van der Waals surface area contributed by atoms with Gasteiger partial charge < -0.3 is 10.1 Å². The molecule has 0 atom stereocenters. The van der Waals surface area contributed by atoms with Crippen LogP contribution < -0.4 is 10.1 Å². The van der Waals surface area contributed by atoms with Crippen molar-refractivity contribution in [1.29, 1.82) is 5.26 Å². The Balaban J connectivity index is 1.68. The van der Waals surface area contributed by atoms with Crippen LogP contribution in [0.3, 0.4) is 0 Å². The molecule has 1 N–H and O–H groups in total. The van der Waals surface area contributed by atoms with E-state index in [1.165, 1.54) is 5.56 Å². The van der Waals surface area contributed by atoms with Gasteiger partial charge in [0.1, 0.15) is 12.4 Å². The quantitative estimate of drug-likeness (QED) is 0.720. The van der Waals surface area contributed by atoms with Crippen molar-refractivity contribution in [3.63, 3.8) is 0 Å². The molecule has 0 radical (unpaired) electrons. The van der Waals surface area contributed by atoms with Crippen LogP contribution in [0.1, 0.15) is 30.4 Å². The van der Waals surface area contributed by atoms with Crippen molar-refractivity contribution in [1.82, 2.24) is 10.3 Å². The van der Waals surface area contributed by atoms with Gasteiger partial charge in [-0.05, 0) is 54.8 Å². The number of nitrogens with one attached hydrogen (secondary N) is 1. The summed E-state index contributed by atoms with van der Waals surface area (Å²) in [6.45, 7) is 2.35. The van der Waals surface area contributed by atoms with E-state index < -0.39 is 0 Å². The Morgan fingerprint density at radius 3 is 2.50 bits per heavy atom. The summed E-state index contributed by atoms with van der Waals surface area (Å²) in [4.78, 5) is 3.99. The molecule has 22 heavy (non-hydrogen) atoms. The lowest BCUT2D eigenvalue weighted by atomic mass is 10.2. The average molecular weight is 295 g/mol. The summed E-state index contributed by atoms with van der Waals surface area (Å²) in [5, 5.41) is 11.8. The number of aromatic nitrogens is 1. The molecule has 1 aromatic heterocycles. The number of nitrogens with zero attached hydrogens (tertiary/aromatic N) is 2. The monoisotopic (exact) mass is 295 g/mol. The number of ether oxygens (including phenoxy) is 1. The van der Waals surface area contributed by atoms with E-state index in [-0.39, 0.29) is 0 Å². The molecule has 2 aromatic rings. The molecule has 0 bridgehead atoms. The third-order valence-corrected chi connectivity index (χ3v) is 3.30. The van der Waals surface area contributed by atoms with E-state index in [2.05, 4.69) is 28.5 Å². The third kappa shape index (κ3) is 5.94. The average Bonchev–Trinajstić information content (AvgIpc) is 2.58. The Labute approximate surface area is 131 Å². The lowest BCUT2D eigenvalue weighted by Crippen LogP contribution is -2.14. The van der Waals surface area contributed by atoms with Gasteiger partial charge in [0.05, 0.1) is 6.07 Å². The van der Waals surface area contributed by atoms with Crippen LogP contribution in [0.15, 0.2) is 48.8 Å². The van der Waals surface area contributed by atoms with Crippen molar-refractivity contribution in [2.24, 2.45) is 0 Å². The van der Waals surface area contributed by atoms with Crippen molar-refractivity contribution in [2.75, 3.05) is 6.54 Å². The number of benzene rings is 1. The summed E-state index contributed by atoms with van der Waals surface area (Å²) >= 11 is 0. The first-order valence-corrected chi connectivity index (χ1v) is 7.57. The summed E-state index contributed by atoms with van der Waals surface area (Å²) in [5.74, 6) is 0.870. The van der Waals surface area contributed by atoms with Crippen molar-refractivity contribution in [3.8, 4) is 11.8 Å². The van der Waals surface area contributed by atoms with Crippen molar-refractivity contribution in [2.45, 2.75) is 32.4 Å². The first kappa shape index (κ1) is 16.0. The lowest BCUT2D eigenvalue weighted by Gasteiger charge is -2.08. The van der Waals surface area contributed by atoms with Gasteiger partial charge in [0.25, 0.3) is 0 Å². The van der Waals surface area contributed by atoms with Crippen molar-refractivity contribution >= 4 is 0 Å². The first-order chi connectivity index (χ1) is 10.9. The SMILES string of the molecule is N#CCCCCNCc1ccc(OCc2ccncc2)cc1. The number of nitriles is 1. The second-order valence-corrected chi connectivity index (χ2v) is 5.08. The Morgan fingerprint density at radius 2 is 1.77 bits per heavy atom. The number of unbranched alkanes of at least 4 members (excludes halogenated alkanes) is 2. The number of rotatable bonds is 9. The second-order valence-electron chi connectivity index (χ2n) is 5.08. The number of hydrogen-bond acceptors (Lipinski definition) is 4. The van der Waals surface area contributed by atoms with Gasteiger partial charge >= 0.3 is 0 Å². The van der Waals surface area contributed by atoms with Crippen molar-refractivity contribution < 1.29 is 4.74 Å². The predicted octanol–water partition coefficient (Wildman–Crippen LogP) is 3.44. The Hall–Kier alpha value is -2.38. The molecular weight excluding hydrogens is 274 g/mol. The van der Waals surface area contributed by atoms with E-state index in [9.17, 15) is 0 Å². The molecule has 0 amide bonds. The highest BCUT2D eigenvalue weighted by atomic mass is 16.5. The van der Waals surface area contributed by atoms with Gasteiger partial charge in [-0.3, -0.25) is 4.98 Å². The van der Waals surface area contributed by atoms with Crippen LogP contribution in [0, 0.1) is 11.3 Å². The molecule has 0 aliphatic rings. The van der Waals surface area contributed by atoms with Crippen LogP contribution in [0.2, 0.25) is 0 Å². The fourth-order valence-electron chi connectivity index (χ4n) is 2.04. The zero-order valence-corrected chi connectivity index (χ0v) is 12.7. The van der Waals surface area contributed by atoms with E-state index in [0.717, 1.165) is 37.2 Å². The third-order valence-electron chi connectivity index (χ3n) is 3.30. The second kappa shape index (κ2) is 9.54. The molecule has 4 nitrogen and oxygen atoms in total. The Morgan fingerprint density at radius 1 is 1.00 bits per heavy atom. The van der Waals surface area contributed by atoms with E-state index in [4.69, 9.17) is 10.00 Å². The number of hydrogen-bond donors (Lipinski definition) is 1. The molecule has 114 valence electrons. The molecule has 0 saturated carbocycles. The highest BCUT2D eigenvalue weighted by molar-refractivity contribution is 5.27. The van der Waals surface area contributed by atoms with Crippen LogP contribution in [0.5, 0.6) is 5.75 Å². The topological polar surface area (TPSA) is 57.9 Å². The maximum Gasteiger partial charge on any atom is 0.119 e. The minimum absolute atomic E-state index is 0.555. The van der Waals surface area contributed by atoms with Gasteiger partial charge in [0.15, 0.2) is 0 Å². The van der Waals surface area contributed by atoms with Gasteiger partial charge in [-0.25, -0.2) is 0 Å². The maximum absolute atomic E-state index is 8.46. The minimum atomic E-state index is 0.555.